The zero-order valence-electron chi connectivity index (χ0n) is 12.4. The highest BCUT2D eigenvalue weighted by Gasteiger charge is 2.71. The highest BCUT2D eigenvalue weighted by atomic mass is 19.4. The Balaban J connectivity index is 2.29. The number of nitrogens with zero attached hydrogens (tertiary/aromatic N) is 4. The van der Waals surface area contributed by atoms with Crippen LogP contribution in [0.5, 0.6) is 0 Å². The number of aromatic nitrogens is 4. The molecule has 1 heterocycles. The van der Waals surface area contributed by atoms with Gasteiger partial charge in [-0.1, -0.05) is 12.1 Å². The number of tetrazole rings is 1. The summed E-state index contributed by atoms with van der Waals surface area (Å²) in [7, 11) is 0. The molecule has 2 rings (SSSR count). The molecule has 0 aliphatic heterocycles. The van der Waals surface area contributed by atoms with Crippen LogP contribution in [0.4, 0.5) is 32.0 Å². The lowest BCUT2D eigenvalue weighted by Gasteiger charge is -2.32. The highest BCUT2D eigenvalue weighted by Crippen LogP contribution is 2.50. The Morgan fingerprint density at radius 3 is 2.12 bits per heavy atom. The van der Waals surface area contributed by atoms with Crippen LogP contribution in [0, 0.1) is 11.3 Å². The van der Waals surface area contributed by atoms with Crippen molar-refractivity contribution in [1.29, 1.82) is 5.26 Å². The molecule has 138 valence electrons. The normalized spacial score (nSPS) is 13.4. The predicted octanol–water partition coefficient (Wildman–Crippen LogP) is 2.49. The Morgan fingerprint density at radius 2 is 1.69 bits per heavy atom. The number of nitrogens with one attached hydrogen (secondary N) is 2. The molecule has 2 aromatic rings. The van der Waals surface area contributed by atoms with E-state index < -0.39 is 23.5 Å². The molecule has 0 fully saturated rings. The average molecular weight is 378 g/mol. The number of anilines is 1. The quantitative estimate of drug-likeness (QED) is 0.557. The van der Waals surface area contributed by atoms with Crippen LogP contribution in [0.1, 0.15) is 11.4 Å². The van der Waals surface area contributed by atoms with Crippen LogP contribution in [-0.2, 0) is 5.60 Å². The van der Waals surface area contributed by atoms with E-state index >= 15 is 0 Å². The minimum atomic E-state index is -5.97. The van der Waals surface area contributed by atoms with E-state index in [1.165, 1.54) is 0 Å². The molecule has 26 heavy (non-hydrogen) atoms. The van der Waals surface area contributed by atoms with Crippen molar-refractivity contribution in [2.75, 3.05) is 5.32 Å². The van der Waals surface area contributed by atoms with Gasteiger partial charge in [-0.3, -0.25) is 0 Å². The lowest BCUT2D eigenvalue weighted by atomic mass is 9.92. The molecule has 0 saturated carbocycles. The van der Waals surface area contributed by atoms with Gasteiger partial charge in [0.15, 0.2) is 0 Å². The molecule has 1 aromatic heterocycles. The summed E-state index contributed by atoms with van der Waals surface area (Å²) in [6, 6.07) is 4.41. The van der Waals surface area contributed by atoms with Crippen LogP contribution < -0.4 is 5.32 Å². The Hall–Kier alpha value is -3.14. The fourth-order valence-electron chi connectivity index (χ4n) is 1.87. The number of hydrogen-bond donors (Lipinski definition) is 3. The third-order valence-electron chi connectivity index (χ3n) is 3.21. The zero-order chi connectivity index (χ0) is 19.6. The molecule has 0 amide bonds. The van der Waals surface area contributed by atoms with Gasteiger partial charge in [-0.15, -0.1) is 10.2 Å². The van der Waals surface area contributed by atoms with Gasteiger partial charge in [-0.05, 0) is 17.3 Å². The Kier molecular flexibility index (Phi) is 4.90. The van der Waals surface area contributed by atoms with Gasteiger partial charge >= 0.3 is 12.4 Å². The second-order valence-corrected chi connectivity index (χ2v) is 4.83. The van der Waals surface area contributed by atoms with Crippen molar-refractivity contribution in [3.63, 3.8) is 0 Å². The number of alkyl halides is 6. The third-order valence-corrected chi connectivity index (χ3v) is 3.21. The third kappa shape index (κ3) is 3.45. The average Bonchev–Trinajstić information content (AvgIpc) is 3.07. The SMILES string of the molecule is N#CC(=CNc1ccc(C(O)(C(F)(F)F)C(F)(F)F)cc1)c1nn[nH]n1. The van der Waals surface area contributed by atoms with Gasteiger partial charge in [0, 0.05) is 17.5 Å². The molecule has 0 atom stereocenters. The molecule has 0 spiro atoms. The van der Waals surface area contributed by atoms with Gasteiger partial charge in [-0.25, -0.2) is 0 Å². The molecule has 1 aromatic carbocycles. The van der Waals surface area contributed by atoms with E-state index in [-0.39, 0.29) is 17.1 Å². The van der Waals surface area contributed by atoms with Crippen LogP contribution in [0.15, 0.2) is 30.5 Å². The smallest absolute Gasteiger partial charge is 0.369 e. The minimum absolute atomic E-state index is 0.0525. The van der Waals surface area contributed by atoms with Crippen molar-refractivity contribution in [3.05, 3.63) is 41.9 Å². The second-order valence-electron chi connectivity index (χ2n) is 4.83. The molecule has 0 radical (unpaired) electrons. The number of aliphatic hydroxyl groups is 1. The van der Waals surface area contributed by atoms with Gasteiger partial charge in [0.2, 0.25) is 5.82 Å². The van der Waals surface area contributed by atoms with Crippen molar-refractivity contribution in [3.8, 4) is 6.07 Å². The Labute approximate surface area is 140 Å². The highest BCUT2D eigenvalue weighted by molar-refractivity contribution is 5.74. The number of hydrogen-bond acceptors (Lipinski definition) is 6. The molecule has 0 unspecified atom stereocenters. The van der Waals surface area contributed by atoms with Crippen LogP contribution in [0.2, 0.25) is 0 Å². The zero-order valence-corrected chi connectivity index (χ0v) is 12.4. The molecule has 0 aliphatic rings. The van der Waals surface area contributed by atoms with E-state index in [4.69, 9.17) is 5.26 Å². The van der Waals surface area contributed by atoms with E-state index in [1.54, 1.807) is 6.07 Å². The summed E-state index contributed by atoms with van der Waals surface area (Å²) in [5.74, 6) is -0.0693. The lowest BCUT2D eigenvalue weighted by molar-refractivity contribution is -0.376. The first-order chi connectivity index (χ1) is 12.0. The molecule has 0 saturated heterocycles. The summed E-state index contributed by atoms with van der Waals surface area (Å²) < 4.78 is 76.7. The number of H-pyrrole nitrogens is 1. The van der Waals surface area contributed by atoms with Crippen LogP contribution in [0.25, 0.3) is 5.57 Å². The standard InChI is InChI=1S/C13H8F6N6O/c14-12(15,16)11(26,13(17,18)19)8-1-3-9(4-2-8)21-6-7(5-20)10-22-24-25-23-10/h1-4,6,21,26H,(H,22,23,24,25). The topological polar surface area (TPSA) is 111 Å². The minimum Gasteiger partial charge on any atom is -0.369 e. The van der Waals surface area contributed by atoms with Crippen LogP contribution in [0.3, 0.4) is 0 Å². The van der Waals surface area contributed by atoms with Crippen LogP contribution >= 0.6 is 0 Å². The molecule has 0 aliphatic carbocycles. The van der Waals surface area contributed by atoms with Gasteiger partial charge in [0.25, 0.3) is 5.60 Å². The van der Waals surface area contributed by atoms with Crippen molar-refractivity contribution < 1.29 is 31.4 Å². The summed E-state index contributed by atoms with van der Waals surface area (Å²) in [5, 5.41) is 33.1. The first-order valence-electron chi connectivity index (χ1n) is 6.57. The van der Waals surface area contributed by atoms with Gasteiger partial charge < -0.3 is 10.4 Å². The molecule has 0 bridgehead atoms. The summed E-state index contributed by atoms with van der Waals surface area (Å²) in [4.78, 5) is 0. The van der Waals surface area contributed by atoms with Crippen molar-refractivity contribution in [1.82, 2.24) is 20.6 Å². The molecule has 7 nitrogen and oxygen atoms in total. The number of aromatic amines is 1. The first-order valence-corrected chi connectivity index (χ1v) is 6.57. The number of rotatable bonds is 4. The molecule has 3 N–H and O–H groups in total. The Bertz CT molecular complexity index is 805. The van der Waals surface area contributed by atoms with Gasteiger partial charge in [0.05, 0.1) is 0 Å². The predicted molar refractivity (Wildman–Crippen MR) is 73.8 cm³/mol. The maximum Gasteiger partial charge on any atom is 0.430 e. The molecular weight excluding hydrogens is 370 g/mol. The van der Waals surface area contributed by atoms with E-state index in [2.05, 4.69) is 25.9 Å². The van der Waals surface area contributed by atoms with Crippen molar-refractivity contribution in [2.24, 2.45) is 0 Å². The van der Waals surface area contributed by atoms with E-state index in [0.29, 0.717) is 12.1 Å². The van der Waals surface area contributed by atoms with E-state index in [9.17, 15) is 31.4 Å². The number of halogens is 6. The number of allylic oxidation sites excluding steroid dienone is 1. The lowest BCUT2D eigenvalue weighted by Crippen LogP contribution is -2.53. The monoisotopic (exact) mass is 378 g/mol. The number of nitriles is 1. The van der Waals surface area contributed by atoms with Crippen molar-refractivity contribution in [2.45, 2.75) is 18.0 Å². The van der Waals surface area contributed by atoms with E-state index in [0.717, 1.165) is 18.3 Å². The molecule has 13 heteroatoms. The maximum absolute atomic E-state index is 12.8. The summed E-state index contributed by atoms with van der Waals surface area (Å²) in [6.07, 6.45) is -10.8. The Morgan fingerprint density at radius 1 is 1.12 bits per heavy atom. The number of benzene rings is 1. The van der Waals surface area contributed by atoms with Gasteiger partial charge in [-0.2, -0.15) is 36.8 Å². The summed E-state index contributed by atoms with van der Waals surface area (Å²) in [5.41, 5.74) is -6.44. The van der Waals surface area contributed by atoms with Crippen LogP contribution in [-0.4, -0.2) is 38.1 Å². The largest absolute Gasteiger partial charge is 0.430 e. The maximum atomic E-state index is 12.8. The van der Waals surface area contributed by atoms with Gasteiger partial charge in [0.1, 0.15) is 11.6 Å². The molecular formula is C13H8F6N6O. The fraction of sp³-hybridized carbons (Fsp3) is 0.231. The van der Waals surface area contributed by atoms with E-state index in [1.807, 2.05) is 0 Å². The summed E-state index contributed by atoms with van der Waals surface area (Å²) >= 11 is 0. The van der Waals surface area contributed by atoms with Crippen molar-refractivity contribution >= 4 is 11.3 Å². The summed E-state index contributed by atoms with van der Waals surface area (Å²) in [6.45, 7) is 0. The first kappa shape index (κ1) is 19.2. The second kappa shape index (κ2) is 6.64. The fourth-order valence-corrected chi connectivity index (χ4v) is 1.87.